The van der Waals surface area contributed by atoms with Crippen LogP contribution in [0.5, 0.6) is 5.75 Å². The predicted octanol–water partition coefficient (Wildman–Crippen LogP) is 4.77. The first-order chi connectivity index (χ1) is 14.0. The molecule has 8 heteroatoms. The highest BCUT2D eigenvalue weighted by atomic mass is 19.3. The van der Waals surface area contributed by atoms with Gasteiger partial charge in [-0.3, -0.25) is 9.38 Å². The van der Waals surface area contributed by atoms with Crippen molar-refractivity contribution in [2.24, 2.45) is 0 Å². The summed E-state index contributed by atoms with van der Waals surface area (Å²) in [5.41, 5.74) is 3.94. The summed E-state index contributed by atoms with van der Waals surface area (Å²) in [6.07, 6.45) is 5.25. The SMILES string of the molecule is CN(Cc1cn2c(-c3ccc(OC(F)F)cc3)cnc2cn1)c1ccc(F)cc1. The number of halogens is 3. The van der Waals surface area contributed by atoms with Crippen LogP contribution in [0.4, 0.5) is 18.9 Å². The Hall–Kier alpha value is -3.55. The lowest BCUT2D eigenvalue weighted by atomic mass is 10.1. The normalized spacial score (nSPS) is 11.2. The quantitative estimate of drug-likeness (QED) is 0.469. The molecule has 2 aromatic heterocycles. The zero-order chi connectivity index (χ0) is 20.4. The molecule has 29 heavy (non-hydrogen) atoms. The lowest BCUT2D eigenvalue weighted by Crippen LogP contribution is -2.17. The average molecular weight is 398 g/mol. The van der Waals surface area contributed by atoms with Crippen LogP contribution >= 0.6 is 0 Å². The van der Waals surface area contributed by atoms with Crippen molar-refractivity contribution in [1.82, 2.24) is 14.4 Å². The first kappa shape index (κ1) is 18.8. The van der Waals surface area contributed by atoms with Crippen molar-refractivity contribution in [3.8, 4) is 17.0 Å². The monoisotopic (exact) mass is 398 g/mol. The Labute approximate surface area is 165 Å². The van der Waals surface area contributed by atoms with Gasteiger partial charge in [-0.25, -0.2) is 9.37 Å². The molecule has 148 valence electrons. The molecule has 0 aliphatic heterocycles. The molecule has 0 radical (unpaired) electrons. The minimum atomic E-state index is -2.86. The number of hydrogen-bond acceptors (Lipinski definition) is 4. The summed E-state index contributed by atoms with van der Waals surface area (Å²) in [6.45, 7) is -2.34. The Kier molecular flexibility index (Phi) is 5.07. The van der Waals surface area contributed by atoms with Gasteiger partial charge in [-0.15, -0.1) is 0 Å². The molecule has 5 nitrogen and oxygen atoms in total. The number of imidazole rings is 1. The van der Waals surface area contributed by atoms with Crippen LogP contribution in [0.15, 0.2) is 67.1 Å². The summed E-state index contributed by atoms with van der Waals surface area (Å²) in [7, 11) is 1.90. The van der Waals surface area contributed by atoms with Crippen LogP contribution in [0.2, 0.25) is 0 Å². The van der Waals surface area contributed by atoms with Crippen molar-refractivity contribution < 1.29 is 17.9 Å². The topological polar surface area (TPSA) is 42.7 Å². The summed E-state index contributed by atoms with van der Waals surface area (Å²) in [6, 6.07) is 12.6. The third-order valence-corrected chi connectivity index (χ3v) is 4.49. The number of rotatable bonds is 6. The second-order valence-electron chi connectivity index (χ2n) is 6.49. The maximum absolute atomic E-state index is 13.1. The van der Waals surface area contributed by atoms with Crippen molar-refractivity contribution in [2.75, 3.05) is 11.9 Å². The number of aromatic nitrogens is 3. The molecule has 2 aromatic carbocycles. The second kappa shape index (κ2) is 7.83. The van der Waals surface area contributed by atoms with E-state index >= 15 is 0 Å². The Morgan fingerprint density at radius 3 is 2.41 bits per heavy atom. The minimum absolute atomic E-state index is 0.0980. The highest BCUT2D eigenvalue weighted by molar-refractivity contribution is 5.64. The van der Waals surface area contributed by atoms with Crippen LogP contribution < -0.4 is 9.64 Å². The van der Waals surface area contributed by atoms with Crippen LogP contribution in [-0.2, 0) is 6.54 Å². The van der Waals surface area contributed by atoms with E-state index in [2.05, 4.69) is 14.7 Å². The van der Waals surface area contributed by atoms with Gasteiger partial charge >= 0.3 is 6.61 Å². The molecule has 0 spiro atoms. The molecule has 4 rings (SSSR count). The molecule has 0 saturated heterocycles. The van der Waals surface area contributed by atoms with E-state index in [4.69, 9.17) is 0 Å². The third-order valence-electron chi connectivity index (χ3n) is 4.49. The molecule has 2 heterocycles. The van der Waals surface area contributed by atoms with Gasteiger partial charge in [0.2, 0.25) is 0 Å². The minimum Gasteiger partial charge on any atom is -0.435 e. The first-order valence-corrected chi connectivity index (χ1v) is 8.83. The zero-order valence-electron chi connectivity index (χ0n) is 15.5. The number of hydrogen-bond donors (Lipinski definition) is 0. The summed E-state index contributed by atoms with van der Waals surface area (Å²) >= 11 is 0. The van der Waals surface area contributed by atoms with Gasteiger partial charge in [0, 0.05) is 24.5 Å². The fourth-order valence-electron chi connectivity index (χ4n) is 3.06. The predicted molar refractivity (Wildman–Crippen MR) is 104 cm³/mol. The van der Waals surface area contributed by atoms with E-state index in [0.717, 1.165) is 22.6 Å². The van der Waals surface area contributed by atoms with Crippen LogP contribution in [0.25, 0.3) is 16.9 Å². The van der Waals surface area contributed by atoms with E-state index in [1.165, 1.54) is 24.3 Å². The van der Waals surface area contributed by atoms with E-state index in [1.807, 2.05) is 22.5 Å². The molecule has 0 unspecified atom stereocenters. The van der Waals surface area contributed by atoms with E-state index < -0.39 is 6.61 Å². The maximum Gasteiger partial charge on any atom is 0.387 e. The Bertz CT molecular complexity index is 1110. The van der Waals surface area contributed by atoms with Crippen molar-refractivity contribution in [2.45, 2.75) is 13.2 Å². The highest BCUT2D eigenvalue weighted by Gasteiger charge is 2.10. The van der Waals surface area contributed by atoms with Gasteiger partial charge in [0.15, 0.2) is 5.65 Å². The summed E-state index contributed by atoms with van der Waals surface area (Å²) in [5, 5.41) is 0. The summed E-state index contributed by atoms with van der Waals surface area (Å²) in [4.78, 5) is 10.7. The Morgan fingerprint density at radius 1 is 1.00 bits per heavy atom. The van der Waals surface area contributed by atoms with Crippen LogP contribution in [-0.4, -0.2) is 28.0 Å². The number of ether oxygens (including phenoxy) is 1. The molecule has 0 atom stereocenters. The van der Waals surface area contributed by atoms with E-state index in [9.17, 15) is 13.2 Å². The van der Waals surface area contributed by atoms with Crippen molar-refractivity contribution >= 4 is 11.3 Å². The fraction of sp³-hybridized carbons (Fsp3) is 0.143. The maximum atomic E-state index is 13.1. The van der Waals surface area contributed by atoms with Gasteiger partial charge in [-0.1, -0.05) is 0 Å². The highest BCUT2D eigenvalue weighted by Crippen LogP contribution is 2.24. The van der Waals surface area contributed by atoms with Crippen molar-refractivity contribution in [1.29, 1.82) is 0 Å². The number of benzene rings is 2. The standard InChI is InChI=1S/C21H17F3N4O/c1-27(17-6-4-15(22)5-7-17)12-16-13-28-19(10-26-20(28)11-25-16)14-2-8-18(9-3-14)29-21(23)24/h2-11,13,21H,12H2,1H3. The molecule has 0 aliphatic carbocycles. The van der Waals surface area contributed by atoms with E-state index in [-0.39, 0.29) is 11.6 Å². The van der Waals surface area contributed by atoms with Gasteiger partial charge in [0.05, 0.1) is 30.3 Å². The van der Waals surface area contributed by atoms with Crippen molar-refractivity contribution in [3.63, 3.8) is 0 Å². The molecule has 0 fully saturated rings. The number of alkyl halides is 2. The number of anilines is 1. The molecule has 0 bridgehead atoms. The van der Waals surface area contributed by atoms with Gasteiger partial charge < -0.3 is 9.64 Å². The Balaban J connectivity index is 1.60. The average Bonchev–Trinajstić information content (AvgIpc) is 3.12. The first-order valence-electron chi connectivity index (χ1n) is 8.83. The van der Waals surface area contributed by atoms with E-state index in [1.54, 1.807) is 36.7 Å². The molecule has 0 N–H and O–H groups in total. The lowest BCUT2D eigenvalue weighted by molar-refractivity contribution is -0.0498. The van der Waals surface area contributed by atoms with Gasteiger partial charge in [0.25, 0.3) is 0 Å². The van der Waals surface area contributed by atoms with Gasteiger partial charge in [-0.05, 0) is 48.5 Å². The zero-order valence-corrected chi connectivity index (χ0v) is 15.5. The molecular weight excluding hydrogens is 381 g/mol. The smallest absolute Gasteiger partial charge is 0.387 e. The fourth-order valence-corrected chi connectivity index (χ4v) is 3.06. The second-order valence-corrected chi connectivity index (χ2v) is 6.49. The molecule has 0 amide bonds. The third kappa shape index (κ3) is 4.16. The molecule has 4 aromatic rings. The van der Waals surface area contributed by atoms with Crippen LogP contribution in [0.1, 0.15) is 5.69 Å². The number of fused-ring (bicyclic) bond motifs is 1. The van der Waals surface area contributed by atoms with Gasteiger partial charge in [0.1, 0.15) is 11.6 Å². The lowest BCUT2D eigenvalue weighted by Gasteiger charge is -2.19. The molecule has 0 aliphatic rings. The largest absolute Gasteiger partial charge is 0.435 e. The van der Waals surface area contributed by atoms with Crippen LogP contribution in [0.3, 0.4) is 0 Å². The van der Waals surface area contributed by atoms with Crippen molar-refractivity contribution in [3.05, 3.63) is 78.6 Å². The van der Waals surface area contributed by atoms with Gasteiger partial charge in [-0.2, -0.15) is 8.78 Å². The Morgan fingerprint density at radius 2 is 1.72 bits per heavy atom. The molecule has 0 saturated carbocycles. The number of nitrogens with zero attached hydrogens (tertiary/aromatic N) is 4. The molecular formula is C21H17F3N4O. The summed E-state index contributed by atoms with van der Waals surface area (Å²) in [5.74, 6) is -0.185. The van der Waals surface area contributed by atoms with Crippen LogP contribution in [0, 0.1) is 5.82 Å². The van der Waals surface area contributed by atoms with E-state index in [0.29, 0.717) is 12.2 Å². The summed E-state index contributed by atoms with van der Waals surface area (Å²) < 4.78 is 44.1.